The van der Waals surface area contributed by atoms with Gasteiger partial charge in [-0.3, -0.25) is 9.59 Å². The molecular formula is C18H22N4O3. The molecule has 1 fully saturated rings. The van der Waals surface area contributed by atoms with Crippen molar-refractivity contribution < 1.29 is 14.1 Å². The molecule has 2 aromatic rings. The number of amides is 2. The van der Waals surface area contributed by atoms with Crippen LogP contribution in [0.2, 0.25) is 0 Å². The van der Waals surface area contributed by atoms with E-state index in [4.69, 9.17) is 4.52 Å². The number of aromatic nitrogens is 2. The highest BCUT2D eigenvalue weighted by molar-refractivity contribution is 5.91. The van der Waals surface area contributed by atoms with Crippen molar-refractivity contribution in [2.24, 2.45) is 5.92 Å². The predicted molar refractivity (Wildman–Crippen MR) is 91.6 cm³/mol. The quantitative estimate of drug-likeness (QED) is 0.840. The van der Waals surface area contributed by atoms with Crippen molar-refractivity contribution in [1.29, 1.82) is 0 Å². The molecule has 2 amide bonds. The maximum atomic E-state index is 12.0. The van der Waals surface area contributed by atoms with Crippen LogP contribution in [0.15, 0.2) is 28.8 Å². The zero-order valence-corrected chi connectivity index (χ0v) is 14.2. The van der Waals surface area contributed by atoms with Crippen LogP contribution in [0.1, 0.15) is 43.0 Å². The molecule has 0 aliphatic heterocycles. The molecule has 1 heterocycles. The van der Waals surface area contributed by atoms with Crippen LogP contribution in [-0.4, -0.2) is 22.0 Å². The van der Waals surface area contributed by atoms with Crippen LogP contribution < -0.4 is 10.6 Å². The van der Waals surface area contributed by atoms with Crippen molar-refractivity contribution in [3.63, 3.8) is 0 Å². The summed E-state index contributed by atoms with van der Waals surface area (Å²) < 4.78 is 5.09. The molecule has 25 heavy (non-hydrogen) atoms. The lowest BCUT2D eigenvalue weighted by atomic mass is 10.1. The van der Waals surface area contributed by atoms with E-state index in [9.17, 15) is 9.59 Å². The summed E-state index contributed by atoms with van der Waals surface area (Å²) in [6, 6.07) is 7.53. The highest BCUT2D eigenvalue weighted by atomic mass is 16.5. The number of aryl methyl sites for hydroxylation is 1. The first-order valence-corrected chi connectivity index (χ1v) is 8.56. The molecule has 1 aliphatic rings. The Morgan fingerprint density at radius 1 is 1.20 bits per heavy atom. The van der Waals surface area contributed by atoms with Crippen LogP contribution in [0, 0.1) is 12.8 Å². The van der Waals surface area contributed by atoms with Gasteiger partial charge < -0.3 is 15.2 Å². The molecule has 1 aromatic carbocycles. The third-order valence-corrected chi connectivity index (χ3v) is 4.30. The molecule has 7 nitrogen and oxygen atoms in total. The number of anilines is 1. The van der Waals surface area contributed by atoms with Gasteiger partial charge in [0.2, 0.25) is 17.7 Å². The van der Waals surface area contributed by atoms with E-state index in [0.717, 1.165) is 36.9 Å². The zero-order chi connectivity index (χ0) is 17.6. The van der Waals surface area contributed by atoms with Gasteiger partial charge in [-0.2, -0.15) is 4.98 Å². The molecule has 0 unspecified atom stereocenters. The summed E-state index contributed by atoms with van der Waals surface area (Å²) in [5, 5.41) is 9.39. The minimum Gasteiger partial charge on any atom is -0.347 e. The van der Waals surface area contributed by atoms with Crippen LogP contribution in [0.5, 0.6) is 0 Å². The number of rotatable bonds is 6. The van der Waals surface area contributed by atoms with E-state index in [0.29, 0.717) is 11.7 Å². The van der Waals surface area contributed by atoms with E-state index in [2.05, 4.69) is 20.8 Å². The number of benzene rings is 1. The molecule has 3 rings (SSSR count). The van der Waals surface area contributed by atoms with E-state index < -0.39 is 0 Å². The van der Waals surface area contributed by atoms with Gasteiger partial charge in [0.05, 0.1) is 13.0 Å². The first-order valence-electron chi connectivity index (χ1n) is 8.56. The van der Waals surface area contributed by atoms with Crippen LogP contribution in [0.4, 0.5) is 5.69 Å². The van der Waals surface area contributed by atoms with E-state index in [1.165, 1.54) is 0 Å². The first kappa shape index (κ1) is 17.1. The third-order valence-electron chi connectivity index (χ3n) is 4.30. The van der Waals surface area contributed by atoms with Crippen molar-refractivity contribution >= 4 is 17.5 Å². The summed E-state index contributed by atoms with van der Waals surface area (Å²) in [5.74, 6) is 0.530. The molecule has 0 bridgehead atoms. The molecule has 132 valence electrons. The lowest BCUT2D eigenvalue weighted by Crippen LogP contribution is -2.28. The van der Waals surface area contributed by atoms with Crippen LogP contribution in [0.3, 0.4) is 0 Å². The maximum absolute atomic E-state index is 12.0. The number of nitrogens with one attached hydrogen (secondary N) is 2. The SMILES string of the molecule is Cc1ccc(NC(=O)Cc2noc(CNC(=O)C3CCCC3)n2)cc1. The van der Waals surface area contributed by atoms with Crippen molar-refractivity contribution in [3.05, 3.63) is 41.5 Å². The van der Waals surface area contributed by atoms with Crippen LogP contribution in [0.25, 0.3) is 0 Å². The summed E-state index contributed by atoms with van der Waals surface area (Å²) in [4.78, 5) is 28.1. The van der Waals surface area contributed by atoms with Gasteiger partial charge in [-0.15, -0.1) is 0 Å². The van der Waals surface area contributed by atoms with E-state index in [-0.39, 0.29) is 30.7 Å². The molecule has 2 N–H and O–H groups in total. The Kier molecular flexibility index (Phi) is 5.42. The van der Waals surface area contributed by atoms with E-state index in [1.54, 1.807) is 0 Å². The second-order valence-electron chi connectivity index (χ2n) is 6.39. The van der Waals surface area contributed by atoms with Gasteiger partial charge in [-0.05, 0) is 31.9 Å². The van der Waals surface area contributed by atoms with Crippen LogP contribution >= 0.6 is 0 Å². The van der Waals surface area contributed by atoms with Crippen molar-refractivity contribution in [2.75, 3.05) is 5.32 Å². The molecule has 1 aromatic heterocycles. The first-order chi connectivity index (χ1) is 12.1. The fourth-order valence-electron chi connectivity index (χ4n) is 2.91. The number of carbonyl (C=O) groups is 2. The van der Waals surface area contributed by atoms with E-state index >= 15 is 0 Å². The highest BCUT2D eigenvalue weighted by Gasteiger charge is 2.22. The van der Waals surface area contributed by atoms with Crippen LogP contribution in [-0.2, 0) is 22.6 Å². The predicted octanol–water partition coefficient (Wildman–Crippen LogP) is 2.37. The van der Waals surface area contributed by atoms with Gasteiger partial charge >= 0.3 is 0 Å². The maximum Gasteiger partial charge on any atom is 0.246 e. The monoisotopic (exact) mass is 342 g/mol. The normalized spacial score (nSPS) is 14.4. The smallest absolute Gasteiger partial charge is 0.246 e. The van der Waals surface area contributed by atoms with Gasteiger partial charge in [0, 0.05) is 11.6 Å². The minimum absolute atomic E-state index is 0.0218. The fraction of sp³-hybridized carbons (Fsp3) is 0.444. The molecule has 1 aliphatic carbocycles. The number of hydrogen-bond donors (Lipinski definition) is 2. The summed E-state index contributed by atoms with van der Waals surface area (Å²) in [6.45, 7) is 2.18. The van der Waals surface area contributed by atoms with Gasteiger partial charge in [0.25, 0.3) is 0 Å². The molecule has 1 saturated carbocycles. The Morgan fingerprint density at radius 2 is 1.92 bits per heavy atom. The Balaban J connectivity index is 1.46. The van der Waals surface area contributed by atoms with Gasteiger partial charge in [0.1, 0.15) is 0 Å². The van der Waals surface area contributed by atoms with Crippen molar-refractivity contribution in [1.82, 2.24) is 15.5 Å². The average molecular weight is 342 g/mol. The molecule has 0 saturated heterocycles. The molecular weight excluding hydrogens is 320 g/mol. The Hall–Kier alpha value is -2.70. The Bertz CT molecular complexity index is 733. The van der Waals surface area contributed by atoms with Gasteiger partial charge in [-0.25, -0.2) is 0 Å². The van der Waals surface area contributed by atoms with Crippen molar-refractivity contribution in [3.8, 4) is 0 Å². The standard InChI is InChI=1S/C18H22N4O3/c1-12-6-8-14(9-7-12)20-16(23)10-15-21-17(25-22-15)11-19-18(24)13-4-2-3-5-13/h6-9,13H,2-5,10-11H2,1H3,(H,19,24)(H,20,23). The molecule has 0 radical (unpaired) electrons. The van der Waals surface area contributed by atoms with Gasteiger partial charge in [-0.1, -0.05) is 35.7 Å². The Morgan fingerprint density at radius 3 is 2.64 bits per heavy atom. The van der Waals surface area contributed by atoms with Gasteiger partial charge in [0.15, 0.2) is 5.82 Å². The summed E-state index contributed by atoms with van der Waals surface area (Å²) >= 11 is 0. The second-order valence-corrected chi connectivity index (χ2v) is 6.39. The summed E-state index contributed by atoms with van der Waals surface area (Å²) in [7, 11) is 0. The Labute approximate surface area is 146 Å². The van der Waals surface area contributed by atoms with Crippen molar-refractivity contribution in [2.45, 2.75) is 45.6 Å². The van der Waals surface area contributed by atoms with E-state index in [1.807, 2.05) is 31.2 Å². The summed E-state index contributed by atoms with van der Waals surface area (Å²) in [5.41, 5.74) is 1.85. The molecule has 7 heteroatoms. The zero-order valence-electron chi connectivity index (χ0n) is 14.2. The lowest BCUT2D eigenvalue weighted by Gasteiger charge is -2.07. The fourth-order valence-corrected chi connectivity index (χ4v) is 2.91. The summed E-state index contributed by atoms with van der Waals surface area (Å²) in [6.07, 6.45) is 4.13. The number of carbonyl (C=O) groups excluding carboxylic acids is 2. The number of hydrogen-bond acceptors (Lipinski definition) is 5. The molecule has 0 spiro atoms. The topological polar surface area (TPSA) is 97.1 Å². The second kappa shape index (κ2) is 7.92. The average Bonchev–Trinajstić information content (AvgIpc) is 3.26. The molecule has 0 atom stereocenters. The largest absolute Gasteiger partial charge is 0.347 e. The highest BCUT2D eigenvalue weighted by Crippen LogP contribution is 2.24. The lowest BCUT2D eigenvalue weighted by molar-refractivity contribution is -0.125. The minimum atomic E-state index is -0.216. The third kappa shape index (κ3) is 4.89. The number of nitrogens with zero attached hydrogens (tertiary/aromatic N) is 2.